The molecular formula is C24H21NO3. The fourth-order valence-electron chi connectivity index (χ4n) is 2.63. The molecule has 0 atom stereocenters. The number of carbonyl (C=O) groups excluding carboxylic acids is 2. The van der Waals surface area contributed by atoms with Gasteiger partial charge in [-0.25, -0.2) is 4.79 Å². The Labute approximate surface area is 164 Å². The van der Waals surface area contributed by atoms with Gasteiger partial charge < -0.3 is 4.84 Å². The zero-order valence-electron chi connectivity index (χ0n) is 15.4. The van der Waals surface area contributed by atoms with E-state index in [1.54, 1.807) is 30.3 Å². The van der Waals surface area contributed by atoms with Crippen LogP contribution in [0.15, 0.2) is 97.1 Å². The Morgan fingerprint density at radius 3 is 2.00 bits per heavy atom. The quantitative estimate of drug-likeness (QED) is 0.461. The van der Waals surface area contributed by atoms with Gasteiger partial charge in [0.15, 0.2) is 0 Å². The minimum Gasteiger partial charge on any atom is -0.333 e. The second-order valence-corrected chi connectivity index (χ2v) is 6.16. The Morgan fingerprint density at radius 1 is 0.786 bits per heavy atom. The van der Waals surface area contributed by atoms with E-state index < -0.39 is 11.9 Å². The molecule has 0 aliphatic rings. The van der Waals surface area contributed by atoms with Crippen molar-refractivity contribution in [3.63, 3.8) is 0 Å². The summed E-state index contributed by atoms with van der Waals surface area (Å²) >= 11 is 0. The molecule has 0 unspecified atom stereocenters. The molecule has 3 aromatic rings. The van der Waals surface area contributed by atoms with Gasteiger partial charge in [0.2, 0.25) is 0 Å². The molecule has 0 fully saturated rings. The third-order valence-electron chi connectivity index (χ3n) is 4.06. The molecule has 0 bridgehead atoms. The lowest BCUT2D eigenvalue weighted by molar-refractivity contribution is -0.149. The number of rotatable bonds is 6. The third kappa shape index (κ3) is 5.68. The van der Waals surface area contributed by atoms with Crippen LogP contribution in [0.4, 0.5) is 5.69 Å². The van der Waals surface area contributed by atoms with Crippen molar-refractivity contribution in [2.24, 2.45) is 0 Å². The summed E-state index contributed by atoms with van der Waals surface area (Å²) in [5.41, 5.74) is 2.43. The molecule has 3 rings (SSSR count). The van der Waals surface area contributed by atoms with Gasteiger partial charge in [-0.3, -0.25) is 4.79 Å². The summed E-state index contributed by atoms with van der Waals surface area (Å²) in [6.45, 7) is 0. The number of para-hydroxylation sites is 1. The van der Waals surface area contributed by atoms with Gasteiger partial charge in [-0.15, -0.1) is 5.06 Å². The number of benzene rings is 3. The van der Waals surface area contributed by atoms with Crippen molar-refractivity contribution in [3.8, 4) is 0 Å². The van der Waals surface area contributed by atoms with E-state index in [0.717, 1.165) is 16.2 Å². The Hall–Kier alpha value is -3.66. The Bertz CT molecular complexity index is 922. The highest BCUT2D eigenvalue weighted by atomic mass is 16.7. The maximum atomic E-state index is 12.7. The van der Waals surface area contributed by atoms with Crippen LogP contribution < -0.4 is 5.06 Å². The summed E-state index contributed by atoms with van der Waals surface area (Å²) in [4.78, 5) is 30.4. The Kier molecular flexibility index (Phi) is 6.74. The molecule has 1 amide bonds. The fraction of sp³-hybridized carbons (Fsp3) is 0.0833. The Balaban J connectivity index is 1.69. The van der Waals surface area contributed by atoms with Gasteiger partial charge >= 0.3 is 5.97 Å². The molecular weight excluding hydrogens is 350 g/mol. The van der Waals surface area contributed by atoms with Gasteiger partial charge in [0.1, 0.15) is 0 Å². The second-order valence-electron chi connectivity index (χ2n) is 6.16. The van der Waals surface area contributed by atoms with Crippen LogP contribution in [0.3, 0.4) is 0 Å². The summed E-state index contributed by atoms with van der Waals surface area (Å²) < 4.78 is 0. The second kappa shape index (κ2) is 9.88. The average molecular weight is 371 g/mol. The zero-order valence-corrected chi connectivity index (χ0v) is 15.4. The highest BCUT2D eigenvalue weighted by molar-refractivity contribution is 6.03. The van der Waals surface area contributed by atoms with Gasteiger partial charge in [-0.2, -0.15) is 0 Å². The maximum absolute atomic E-state index is 12.7. The van der Waals surface area contributed by atoms with Crippen LogP contribution in [0.5, 0.6) is 0 Å². The highest BCUT2D eigenvalue weighted by Gasteiger charge is 2.18. The van der Waals surface area contributed by atoms with Gasteiger partial charge in [0.05, 0.1) is 12.1 Å². The fourth-order valence-corrected chi connectivity index (χ4v) is 2.63. The normalized spacial score (nSPS) is 10.6. The molecule has 3 aromatic carbocycles. The molecule has 0 N–H and O–H groups in total. The molecule has 0 spiro atoms. The largest absolute Gasteiger partial charge is 0.333 e. The van der Waals surface area contributed by atoms with Gasteiger partial charge in [0, 0.05) is 6.08 Å². The lowest BCUT2D eigenvalue weighted by Crippen LogP contribution is -2.32. The SMILES string of the molecule is O=C(CCc1ccccc1)ON(C(=O)/C=C/c1ccccc1)c1ccccc1. The van der Waals surface area contributed by atoms with E-state index in [4.69, 9.17) is 4.84 Å². The smallest absolute Gasteiger partial charge is 0.333 e. The summed E-state index contributed by atoms with van der Waals surface area (Å²) in [7, 11) is 0. The highest BCUT2D eigenvalue weighted by Crippen LogP contribution is 2.16. The molecule has 4 nitrogen and oxygen atoms in total. The minimum absolute atomic E-state index is 0.184. The van der Waals surface area contributed by atoms with Crippen LogP contribution >= 0.6 is 0 Å². The van der Waals surface area contributed by atoms with E-state index in [-0.39, 0.29) is 6.42 Å². The van der Waals surface area contributed by atoms with Crippen molar-refractivity contribution >= 4 is 23.6 Å². The number of hydrogen-bond acceptors (Lipinski definition) is 3. The van der Waals surface area contributed by atoms with Crippen LogP contribution in [-0.2, 0) is 20.8 Å². The topological polar surface area (TPSA) is 46.6 Å². The number of hydrogen-bond donors (Lipinski definition) is 0. The number of nitrogens with zero attached hydrogens (tertiary/aromatic N) is 1. The molecule has 0 saturated carbocycles. The molecule has 0 aliphatic heterocycles. The number of hydroxylamine groups is 1. The minimum atomic E-state index is -0.464. The number of amides is 1. The zero-order chi connectivity index (χ0) is 19.6. The lowest BCUT2D eigenvalue weighted by atomic mass is 10.1. The van der Waals surface area contributed by atoms with Crippen molar-refractivity contribution in [1.29, 1.82) is 0 Å². The van der Waals surface area contributed by atoms with Crippen molar-refractivity contribution in [1.82, 2.24) is 0 Å². The summed E-state index contributed by atoms with van der Waals surface area (Å²) in [6, 6.07) is 28.0. The average Bonchev–Trinajstić information content (AvgIpc) is 2.76. The van der Waals surface area contributed by atoms with Crippen LogP contribution in [0.1, 0.15) is 17.5 Å². The van der Waals surface area contributed by atoms with Crippen molar-refractivity contribution in [2.75, 3.05) is 5.06 Å². The van der Waals surface area contributed by atoms with Gasteiger partial charge in [-0.05, 0) is 35.8 Å². The maximum Gasteiger partial charge on any atom is 0.333 e. The van der Waals surface area contributed by atoms with E-state index in [9.17, 15) is 9.59 Å². The van der Waals surface area contributed by atoms with Crippen molar-refractivity contribution in [3.05, 3.63) is 108 Å². The summed E-state index contributed by atoms with van der Waals surface area (Å²) in [5, 5.41) is 1.03. The number of anilines is 1. The standard InChI is InChI=1S/C24H21NO3/c26-23(18-16-20-10-4-1-5-11-20)25(22-14-8-3-9-15-22)28-24(27)19-17-21-12-6-2-7-13-21/h1-16,18H,17,19H2/b18-16+. The number of aryl methyl sites for hydroxylation is 1. The van der Waals surface area contributed by atoms with Crippen LogP contribution in [0.25, 0.3) is 6.08 Å². The van der Waals surface area contributed by atoms with Crippen LogP contribution in [0, 0.1) is 0 Å². The molecule has 0 aliphatic carbocycles. The van der Waals surface area contributed by atoms with E-state index >= 15 is 0 Å². The van der Waals surface area contributed by atoms with E-state index in [1.807, 2.05) is 66.7 Å². The molecule has 0 saturated heterocycles. The Morgan fingerprint density at radius 2 is 1.36 bits per heavy atom. The van der Waals surface area contributed by atoms with Crippen LogP contribution in [0.2, 0.25) is 0 Å². The summed E-state index contributed by atoms with van der Waals surface area (Å²) in [5.74, 6) is -0.891. The van der Waals surface area contributed by atoms with E-state index in [0.29, 0.717) is 12.1 Å². The first-order valence-corrected chi connectivity index (χ1v) is 9.09. The van der Waals surface area contributed by atoms with Crippen molar-refractivity contribution in [2.45, 2.75) is 12.8 Å². The summed E-state index contributed by atoms with van der Waals surface area (Å²) in [6.07, 6.45) is 3.82. The third-order valence-corrected chi connectivity index (χ3v) is 4.06. The number of carbonyl (C=O) groups is 2. The predicted octanol–water partition coefficient (Wildman–Crippen LogP) is 4.82. The van der Waals surface area contributed by atoms with Gasteiger partial charge in [-0.1, -0.05) is 78.9 Å². The monoisotopic (exact) mass is 371 g/mol. The van der Waals surface area contributed by atoms with E-state index in [2.05, 4.69) is 0 Å². The molecule has 0 heterocycles. The first-order chi connectivity index (χ1) is 13.7. The molecule has 0 radical (unpaired) electrons. The first kappa shape index (κ1) is 19.1. The first-order valence-electron chi connectivity index (χ1n) is 9.09. The van der Waals surface area contributed by atoms with Crippen LogP contribution in [-0.4, -0.2) is 11.9 Å². The molecule has 0 aromatic heterocycles. The molecule has 140 valence electrons. The van der Waals surface area contributed by atoms with Gasteiger partial charge in [0.25, 0.3) is 5.91 Å². The predicted molar refractivity (Wildman–Crippen MR) is 110 cm³/mol. The molecule has 28 heavy (non-hydrogen) atoms. The van der Waals surface area contributed by atoms with E-state index in [1.165, 1.54) is 6.08 Å². The lowest BCUT2D eigenvalue weighted by Gasteiger charge is -2.19. The molecule has 4 heteroatoms. The van der Waals surface area contributed by atoms with Crippen molar-refractivity contribution < 1.29 is 14.4 Å².